The van der Waals surface area contributed by atoms with E-state index in [2.05, 4.69) is 31.0 Å². The van der Waals surface area contributed by atoms with E-state index in [4.69, 9.17) is 4.74 Å². The van der Waals surface area contributed by atoms with Gasteiger partial charge in [0.1, 0.15) is 17.8 Å². The van der Waals surface area contributed by atoms with Crippen molar-refractivity contribution in [2.24, 2.45) is 5.10 Å². The maximum Gasteiger partial charge on any atom is 0.287 e. The molecule has 0 aliphatic heterocycles. The molecule has 2 aromatic heterocycles. The summed E-state index contributed by atoms with van der Waals surface area (Å²) in [6, 6.07) is 11.5. The number of rotatable bonds is 8. The van der Waals surface area contributed by atoms with E-state index in [1.54, 1.807) is 18.2 Å². The molecule has 2 aromatic carbocycles. The molecule has 12 nitrogen and oxygen atoms in total. The summed E-state index contributed by atoms with van der Waals surface area (Å²) in [5, 5.41) is 26.9. The van der Waals surface area contributed by atoms with Crippen LogP contribution in [0.25, 0.3) is 10.9 Å². The number of aryl methyl sites for hydroxylation is 1. The number of hydrogen-bond acceptors (Lipinski definition) is 9. The van der Waals surface area contributed by atoms with Gasteiger partial charge >= 0.3 is 0 Å². The molecule has 0 spiro atoms. The summed E-state index contributed by atoms with van der Waals surface area (Å²) in [5.41, 5.74) is -0.117. The molecule has 0 saturated carbocycles. The van der Waals surface area contributed by atoms with Gasteiger partial charge in [-0.2, -0.15) is 9.78 Å². The zero-order valence-corrected chi connectivity index (χ0v) is 20.3. The fourth-order valence-corrected chi connectivity index (χ4v) is 3.68. The van der Waals surface area contributed by atoms with E-state index in [1.807, 2.05) is 6.92 Å². The molecule has 0 saturated heterocycles. The van der Waals surface area contributed by atoms with Gasteiger partial charge in [-0.1, -0.05) is 22.9 Å². The van der Waals surface area contributed by atoms with Crippen molar-refractivity contribution in [2.45, 2.75) is 19.8 Å². The van der Waals surface area contributed by atoms with Crippen molar-refractivity contribution < 1.29 is 14.6 Å². The molecule has 0 bridgehead atoms. The van der Waals surface area contributed by atoms with Crippen LogP contribution in [-0.2, 0) is 6.42 Å². The molecular formula is C23H17BrN6O6. The third-order valence-corrected chi connectivity index (χ3v) is 5.50. The number of ether oxygens (including phenoxy) is 1. The number of benzene rings is 2. The molecule has 0 atom stereocenters. The van der Waals surface area contributed by atoms with Gasteiger partial charge in [0.15, 0.2) is 0 Å². The Hall–Kier alpha value is -4.52. The maximum atomic E-state index is 13.2. The van der Waals surface area contributed by atoms with E-state index < -0.39 is 15.4 Å². The van der Waals surface area contributed by atoms with Crippen LogP contribution in [0.15, 0.2) is 69.1 Å². The van der Waals surface area contributed by atoms with E-state index in [-0.39, 0.29) is 28.6 Å². The smallest absolute Gasteiger partial charge is 0.287 e. The Bertz CT molecular complexity index is 1570. The highest BCUT2D eigenvalue weighted by molar-refractivity contribution is 9.10. The Morgan fingerprint density at radius 1 is 1.08 bits per heavy atom. The summed E-state index contributed by atoms with van der Waals surface area (Å²) in [6.45, 7) is 1.94. The summed E-state index contributed by atoms with van der Waals surface area (Å²) in [4.78, 5) is 42.7. The Balaban J connectivity index is 1.79. The lowest BCUT2D eigenvalue weighted by atomic mass is 10.2. The Labute approximate surface area is 211 Å². The van der Waals surface area contributed by atoms with Gasteiger partial charge in [0.05, 0.1) is 27.0 Å². The molecule has 2 heterocycles. The second-order valence-electron chi connectivity index (χ2n) is 7.49. The molecule has 0 N–H and O–H groups in total. The highest BCUT2D eigenvalue weighted by atomic mass is 79.9. The second-order valence-corrected chi connectivity index (χ2v) is 8.41. The van der Waals surface area contributed by atoms with Crippen LogP contribution in [0.3, 0.4) is 0 Å². The molecule has 4 rings (SSSR count). The summed E-state index contributed by atoms with van der Waals surface area (Å²) < 4.78 is 7.57. The number of nitrogens with zero attached hydrogens (tertiary/aromatic N) is 6. The Kier molecular flexibility index (Phi) is 7.10. The number of nitro groups is 2. The van der Waals surface area contributed by atoms with Crippen LogP contribution in [-0.4, -0.2) is 30.7 Å². The zero-order chi connectivity index (χ0) is 25.8. The number of aromatic nitrogens is 3. The number of hydrogen-bond donors (Lipinski definition) is 0. The highest BCUT2D eigenvalue weighted by Gasteiger charge is 2.15. The third kappa shape index (κ3) is 5.25. The maximum absolute atomic E-state index is 13.2. The van der Waals surface area contributed by atoms with Crippen LogP contribution in [0.1, 0.15) is 24.7 Å². The molecule has 0 amide bonds. The standard InChI is InChI=1S/C23H17BrN6O6/c1-2-3-21-27-19-7-4-15(24)11-18(19)23(31)28(21)26-12-14-10-16(29(32)33)5-8-20(14)36-22-9-6-17(13-25-22)30(34)35/h4-13H,2-3H2,1H3. The lowest BCUT2D eigenvalue weighted by Crippen LogP contribution is -2.22. The zero-order valence-electron chi connectivity index (χ0n) is 18.7. The highest BCUT2D eigenvalue weighted by Crippen LogP contribution is 2.28. The average Bonchev–Trinajstić information content (AvgIpc) is 2.85. The molecular weight excluding hydrogens is 536 g/mol. The SMILES string of the molecule is CCCc1nc2ccc(Br)cc2c(=O)n1N=Cc1cc([N+](=O)[O-])ccc1Oc1ccc([N+](=O)[O-])cn1. The Morgan fingerprint density at radius 2 is 1.83 bits per heavy atom. The molecule has 0 fully saturated rings. The first kappa shape index (κ1) is 24.6. The van der Waals surface area contributed by atoms with E-state index in [0.717, 1.165) is 10.9 Å². The molecule has 0 aliphatic carbocycles. The largest absolute Gasteiger partial charge is 0.438 e. The molecule has 36 heavy (non-hydrogen) atoms. The van der Waals surface area contributed by atoms with Gasteiger partial charge in [-0.25, -0.2) is 9.97 Å². The van der Waals surface area contributed by atoms with Crippen molar-refractivity contribution in [3.8, 4) is 11.6 Å². The summed E-state index contributed by atoms with van der Waals surface area (Å²) in [7, 11) is 0. The van der Waals surface area contributed by atoms with Crippen LogP contribution in [0.5, 0.6) is 11.6 Å². The number of pyridine rings is 1. The number of halogens is 1. The van der Waals surface area contributed by atoms with Gasteiger partial charge in [0, 0.05) is 40.7 Å². The fourth-order valence-electron chi connectivity index (χ4n) is 3.32. The molecule has 0 radical (unpaired) electrons. The number of nitro benzene ring substituents is 1. The molecule has 0 aliphatic rings. The molecule has 182 valence electrons. The third-order valence-electron chi connectivity index (χ3n) is 5.01. The normalized spacial score (nSPS) is 11.2. The van der Waals surface area contributed by atoms with Gasteiger partial charge in [-0.3, -0.25) is 25.0 Å². The van der Waals surface area contributed by atoms with Gasteiger partial charge in [0.25, 0.3) is 16.9 Å². The second kappa shape index (κ2) is 10.4. The minimum absolute atomic E-state index is 0.0326. The topological polar surface area (TPSA) is 156 Å². The number of fused-ring (bicyclic) bond motifs is 1. The van der Waals surface area contributed by atoms with Gasteiger partial charge in [-0.05, 0) is 30.7 Å². The van der Waals surface area contributed by atoms with Gasteiger partial charge in [0.2, 0.25) is 5.88 Å². The minimum Gasteiger partial charge on any atom is -0.438 e. The predicted molar refractivity (Wildman–Crippen MR) is 135 cm³/mol. The first-order chi connectivity index (χ1) is 17.3. The van der Waals surface area contributed by atoms with Crippen molar-refractivity contribution in [1.29, 1.82) is 0 Å². The summed E-state index contributed by atoms with van der Waals surface area (Å²) in [5.74, 6) is 0.607. The van der Waals surface area contributed by atoms with Crippen LogP contribution >= 0.6 is 15.9 Å². The van der Waals surface area contributed by atoms with Crippen molar-refractivity contribution >= 4 is 44.4 Å². The fraction of sp³-hybridized carbons (Fsp3) is 0.130. The van der Waals surface area contributed by atoms with Crippen molar-refractivity contribution in [3.63, 3.8) is 0 Å². The lowest BCUT2D eigenvalue weighted by molar-refractivity contribution is -0.385. The first-order valence-corrected chi connectivity index (χ1v) is 11.4. The number of non-ortho nitro benzene ring substituents is 1. The van der Waals surface area contributed by atoms with Crippen LogP contribution in [0, 0.1) is 20.2 Å². The van der Waals surface area contributed by atoms with Crippen LogP contribution < -0.4 is 10.3 Å². The summed E-state index contributed by atoms with van der Waals surface area (Å²) in [6.07, 6.45) is 3.48. The quantitative estimate of drug-likeness (QED) is 0.168. The first-order valence-electron chi connectivity index (χ1n) is 10.6. The summed E-state index contributed by atoms with van der Waals surface area (Å²) >= 11 is 3.35. The molecule has 13 heteroatoms. The van der Waals surface area contributed by atoms with E-state index in [9.17, 15) is 25.0 Å². The minimum atomic E-state index is -0.595. The van der Waals surface area contributed by atoms with Gasteiger partial charge < -0.3 is 4.74 Å². The van der Waals surface area contributed by atoms with Crippen molar-refractivity contribution in [1.82, 2.24) is 14.6 Å². The lowest BCUT2D eigenvalue weighted by Gasteiger charge is -2.10. The Morgan fingerprint density at radius 3 is 2.50 bits per heavy atom. The predicted octanol–water partition coefficient (Wildman–Crippen LogP) is 5.00. The van der Waals surface area contributed by atoms with E-state index in [1.165, 1.54) is 36.5 Å². The van der Waals surface area contributed by atoms with Crippen LogP contribution in [0.4, 0.5) is 11.4 Å². The molecule has 4 aromatic rings. The van der Waals surface area contributed by atoms with Gasteiger partial charge in [-0.15, -0.1) is 0 Å². The monoisotopic (exact) mass is 552 g/mol. The molecule has 0 unspecified atom stereocenters. The van der Waals surface area contributed by atoms with Crippen molar-refractivity contribution in [2.75, 3.05) is 0 Å². The van der Waals surface area contributed by atoms with E-state index in [0.29, 0.717) is 34.0 Å². The van der Waals surface area contributed by atoms with Crippen LogP contribution in [0.2, 0.25) is 0 Å². The van der Waals surface area contributed by atoms with Crippen molar-refractivity contribution in [3.05, 3.63) is 101 Å². The van der Waals surface area contributed by atoms with E-state index >= 15 is 0 Å². The average molecular weight is 553 g/mol.